The van der Waals surface area contributed by atoms with Crippen LogP contribution < -0.4 is 10.6 Å². The summed E-state index contributed by atoms with van der Waals surface area (Å²) in [5.74, 6) is -1.15. The largest absolute Gasteiger partial charge is 0.481 e. The van der Waals surface area contributed by atoms with Crippen molar-refractivity contribution < 1.29 is 19.6 Å². The monoisotopic (exact) mass is 560 g/mol. The Hall–Kier alpha value is -6.02. The van der Waals surface area contributed by atoms with Crippen LogP contribution in [0.5, 0.6) is 0 Å². The molecule has 5 aromatic rings. The van der Waals surface area contributed by atoms with E-state index < -0.39 is 29.3 Å². The summed E-state index contributed by atoms with van der Waals surface area (Å²) in [5, 5.41) is 36.2. The van der Waals surface area contributed by atoms with E-state index in [0.717, 1.165) is 11.1 Å². The molecule has 42 heavy (non-hydrogen) atoms. The summed E-state index contributed by atoms with van der Waals surface area (Å²) in [6, 6.07) is 26.5. The van der Waals surface area contributed by atoms with Crippen LogP contribution in [-0.2, 0) is 11.3 Å². The van der Waals surface area contributed by atoms with Gasteiger partial charge in [0, 0.05) is 30.4 Å². The van der Waals surface area contributed by atoms with Crippen molar-refractivity contribution in [2.45, 2.75) is 19.0 Å². The van der Waals surface area contributed by atoms with Crippen LogP contribution in [0.3, 0.4) is 0 Å². The number of hydrogen-bond acceptors (Lipinski definition) is 7. The van der Waals surface area contributed by atoms with E-state index in [0.29, 0.717) is 34.8 Å². The van der Waals surface area contributed by atoms with Gasteiger partial charge in [-0.15, -0.1) is 0 Å². The number of aliphatic carboxylic acids is 1. The summed E-state index contributed by atoms with van der Waals surface area (Å²) in [4.78, 5) is 40.8. The molecule has 1 unspecified atom stereocenters. The van der Waals surface area contributed by atoms with Gasteiger partial charge < -0.3 is 15.7 Å². The van der Waals surface area contributed by atoms with Crippen molar-refractivity contribution in [2.75, 3.05) is 5.32 Å². The number of pyridine rings is 1. The first-order valence-corrected chi connectivity index (χ1v) is 12.9. The highest BCUT2D eigenvalue weighted by molar-refractivity contribution is 6.01. The van der Waals surface area contributed by atoms with Crippen LogP contribution in [0, 0.1) is 21.4 Å². The van der Waals surface area contributed by atoms with Gasteiger partial charge >= 0.3 is 5.97 Å². The molecule has 2 heterocycles. The molecule has 0 radical (unpaired) electrons. The zero-order valence-electron chi connectivity index (χ0n) is 22.1. The fourth-order valence-electron chi connectivity index (χ4n) is 4.62. The lowest BCUT2D eigenvalue weighted by atomic mass is 10.0. The molecule has 11 nitrogen and oxygen atoms in total. The van der Waals surface area contributed by atoms with Gasteiger partial charge in [0.25, 0.3) is 11.6 Å². The van der Waals surface area contributed by atoms with E-state index in [-0.39, 0.29) is 11.3 Å². The molecule has 0 aliphatic carbocycles. The Bertz CT molecular complexity index is 1830. The summed E-state index contributed by atoms with van der Waals surface area (Å²) in [6.45, 7) is 0.474. The van der Waals surface area contributed by atoms with Crippen molar-refractivity contribution in [3.63, 3.8) is 0 Å². The number of nitro groups is 1. The van der Waals surface area contributed by atoms with Crippen LogP contribution in [0.25, 0.3) is 16.9 Å². The summed E-state index contributed by atoms with van der Waals surface area (Å²) in [6.07, 6.45) is 1.28. The lowest BCUT2D eigenvalue weighted by molar-refractivity contribution is -0.384. The number of carboxylic acids is 1. The number of hydrogen-bond donors (Lipinski definition) is 3. The fraction of sp³-hybridized carbons (Fsp3) is 0.0968. The summed E-state index contributed by atoms with van der Waals surface area (Å²) < 4.78 is 1.74. The number of nitrogens with one attached hydrogen (secondary N) is 2. The van der Waals surface area contributed by atoms with Crippen LogP contribution in [0.1, 0.15) is 39.5 Å². The molecule has 0 bridgehead atoms. The highest BCUT2D eigenvalue weighted by Crippen LogP contribution is 2.31. The molecule has 0 aliphatic rings. The normalized spacial score (nSPS) is 11.4. The predicted octanol–water partition coefficient (Wildman–Crippen LogP) is 5.34. The maximum absolute atomic E-state index is 13.6. The first kappa shape index (κ1) is 27.5. The smallest absolute Gasteiger partial charge is 0.305 e. The third kappa shape index (κ3) is 5.93. The summed E-state index contributed by atoms with van der Waals surface area (Å²) in [7, 11) is 0. The number of imidazole rings is 1. The molecule has 208 valence electrons. The fourth-order valence-corrected chi connectivity index (χ4v) is 4.62. The number of nitro benzene ring substituents is 1. The quantitative estimate of drug-likeness (QED) is 0.152. The van der Waals surface area contributed by atoms with Crippen molar-refractivity contribution >= 4 is 29.0 Å². The van der Waals surface area contributed by atoms with Gasteiger partial charge in [0.1, 0.15) is 11.5 Å². The van der Waals surface area contributed by atoms with E-state index >= 15 is 0 Å². The molecule has 0 aliphatic heterocycles. The van der Waals surface area contributed by atoms with E-state index in [1.165, 1.54) is 24.3 Å². The minimum atomic E-state index is -1.18. The van der Waals surface area contributed by atoms with Crippen molar-refractivity contribution in [3.05, 3.63) is 130 Å². The molecular formula is C31H24N6O5. The second kappa shape index (κ2) is 12.0. The van der Waals surface area contributed by atoms with Crippen LogP contribution >= 0.6 is 0 Å². The van der Waals surface area contributed by atoms with E-state index in [2.05, 4.69) is 16.7 Å². The molecule has 0 saturated heterocycles. The van der Waals surface area contributed by atoms with E-state index in [1.807, 2.05) is 30.3 Å². The number of anilines is 1. The Kier molecular flexibility index (Phi) is 7.88. The van der Waals surface area contributed by atoms with Gasteiger partial charge in [-0.3, -0.25) is 24.1 Å². The number of carboxylic acid groups (broad SMARTS) is 1. The summed E-state index contributed by atoms with van der Waals surface area (Å²) >= 11 is 0. The molecule has 5 rings (SSSR count). The average Bonchev–Trinajstić information content (AvgIpc) is 3.38. The molecule has 3 aromatic carbocycles. The minimum absolute atomic E-state index is 0.181. The molecule has 0 fully saturated rings. The van der Waals surface area contributed by atoms with Gasteiger partial charge in [-0.05, 0) is 35.4 Å². The maximum atomic E-state index is 13.6. The standard InChI is InChI=1S/C31H24N6O5/c32-18-20-11-13-22(14-12-20)28-30(33-19-21-6-2-1-3-7-21)36-15-5-10-25(29(36)35-28)31(40)34-26(17-27(38)39)23-8-4-9-24(16-23)37(41)42/h1-16,26,33H,17,19H2,(H,34,40)(H,38,39). The van der Waals surface area contributed by atoms with Crippen molar-refractivity contribution in [2.24, 2.45) is 0 Å². The molecule has 2 aromatic heterocycles. The number of rotatable bonds is 10. The first-order chi connectivity index (χ1) is 20.3. The van der Waals surface area contributed by atoms with Gasteiger partial charge in [0.05, 0.1) is 34.6 Å². The Morgan fingerprint density at radius 3 is 2.48 bits per heavy atom. The zero-order valence-corrected chi connectivity index (χ0v) is 22.1. The Morgan fingerprint density at radius 1 is 1.02 bits per heavy atom. The number of benzene rings is 3. The first-order valence-electron chi connectivity index (χ1n) is 12.9. The number of aromatic nitrogens is 2. The number of non-ortho nitro benzene ring substituents is 1. The Labute approximate surface area is 239 Å². The number of carbonyl (C=O) groups excluding carboxylic acids is 1. The number of carbonyl (C=O) groups is 2. The van der Waals surface area contributed by atoms with E-state index in [4.69, 9.17) is 4.98 Å². The summed E-state index contributed by atoms with van der Waals surface area (Å²) in [5.41, 5.74) is 3.37. The van der Waals surface area contributed by atoms with Gasteiger partial charge in [0.15, 0.2) is 5.65 Å². The number of amides is 1. The van der Waals surface area contributed by atoms with Gasteiger partial charge in [-0.1, -0.05) is 54.6 Å². The molecule has 3 N–H and O–H groups in total. The number of fused-ring (bicyclic) bond motifs is 1. The van der Waals surface area contributed by atoms with E-state index in [9.17, 15) is 30.1 Å². The Balaban J connectivity index is 1.55. The minimum Gasteiger partial charge on any atom is -0.481 e. The number of nitriles is 1. The van der Waals surface area contributed by atoms with Gasteiger partial charge in [-0.25, -0.2) is 4.98 Å². The maximum Gasteiger partial charge on any atom is 0.305 e. The molecule has 11 heteroatoms. The molecule has 1 atom stereocenters. The van der Waals surface area contributed by atoms with E-state index in [1.54, 1.807) is 47.0 Å². The van der Waals surface area contributed by atoms with Crippen molar-refractivity contribution in [3.8, 4) is 17.3 Å². The van der Waals surface area contributed by atoms with Gasteiger partial charge in [-0.2, -0.15) is 5.26 Å². The van der Waals surface area contributed by atoms with Crippen molar-refractivity contribution in [1.82, 2.24) is 14.7 Å². The lowest BCUT2D eigenvalue weighted by Crippen LogP contribution is -2.30. The predicted molar refractivity (Wildman–Crippen MR) is 155 cm³/mol. The van der Waals surface area contributed by atoms with Crippen molar-refractivity contribution in [1.29, 1.82) is 5.26 Å². The van der Waals surface area contributed by atoms with Gasteiger partial charge in [0.2, 0.25) is 0 Å². The van der Waals surface area contributed by atoms with Crippen LogP contribution in [0.15, 0.2) is 97.2 Å². The molecule has 0 spiro atoms. The Morgan fingerprint density at radius 2 is 1.79 bits per heavy atom. The molecular weight excluding hydrogens is 536 g/mol. The number of nitrogens with zero attached hydrogens (tertiary/aromatic N) is 4. The average molecular weight is 561 g/mol. The third-order valence-corrected chi connectivity index (χ3v) is 6.65. The van der Waals surface area contributed by atoms with Crippen LogP contribution in [0.4, 0.5) is 11.5 Å². The highest BCUT2D eigenvalue weighted by Gasteiger charge is 2.24. The molecule has 1 amide bonds. The lowest BCUT2D eigenvalue weighted by Gasteiger charge is -2.18. The molecule has 0 saturated carbocycles. The zero-order chi connectivity index (χ0) is 29.6. The van der Waals surface area contributed by atoms with Crippen LogP contribution in [-0.4, -0.2) is 31.3 Å². The topological polar surface area (TPSA) is 163 Å². The second-order valence-electron chi connectivity index (χ2n) is 9.43. The SMILES string of the molecule is N#Cc1ccc(-c2nc3c(C(=O)NC(CC(=O)O)c4cccc([N+](=O)[O-])c4)cccn3c2NCc2ccccc2)cc1. The van der Waals surface area contributed by atoms with Crippen LogP contribution in [0.2, 0.25) is 0 Å². The third-order valence-electron chi connectivity index (χ3n) is 6.65. The highest BCUT2D eigenvalue weighted by atomic mass is 16.6. The second-order valence-corrected chi connectivity index (χ2v) is 9.43.